The second-order valence-electron chi connectivity index (χ2n) is 4.93. The summed E-state index contributed by atoms with van der Waals surface area (Å²) in [7, 11) is -5.85. The Bertz CT molecular complexity index is 552. The first-order chi connectivity index (χ1) is 10.5. The summed E-state index contributed by atoms with van der Waals surface area (Å²) in [6.45, 7) is 0.0643. The number of alkyl halides is 3. The molecule has 0 aromatic heterocycles. The maximum atomic E-state index is 12.3. The van der Waals surface area contributed by atoms with Crippen molar-refractivity contribution in [2.75, 3.05) is 26.3 Å². The van der Waals surface area contributed by atoms with Gasteiger partial charge >= 0.3 is 27.7 Å². The van der Waals surface area contributed by atoms with Crippen LogP contribution in [0.4, 0.5) is 18.0 Å². The summed E-state index contributed by atoms with van der Waals surface area (Å²) in [5.41, 5.74) is -7.25. The Morgan fingerprint density at radius 2 is 1.78 bits per heavy atom. The minimum atomic E-state index is -5.85. The number of carbonyl (C=O) groups excluding carboxylic acids is 1. The molecule has 1 aliphatic heterocycles. The summed E-state index contributed by atoms with van der Waals surface area (Å²) in [6, 6.07) is 0. The van der Waals surface area contributed by atoms with E-state index >= 15 is 0 Å². The van der Waals surface area contributed by atoms with Crippen molar-refractivity contribution < 1.29 is 45.2 Å². The Labute approximate surface area is 130 Å². The van der Waals surface area contributed by atoms with E-state index in [1.54, 1.807) is 0 Å². The molecule has 0 radical (unpaired) electrons. The molecule has 0 aromatic rings. The third-order valence-electron chi connectivity index (χ3n) is 3.47. The average molecular weight is 363 g/mol. The van der Waals surface area contributed by atoms with E-state index in [-0.39, 0.29) is 32.5 Å². The number of esters is 1. The Hall–Kier alpha value is -1.56. The Balaban J connectivity index is 2.91. The van der Waals surface area contributed by atoms with Gasteiger partial charge in [0.25, 0.3) is 0 Å². The van der Waals surface area contributed by atoms with Crippen LogP contribution in [0, 0.1) is 5.41 Å². The van der Waals surface area contributed by atoms with E-state index in [9.17, 15) is 31.2 Å². The standard InChI is InChI=1S/C11H16F3NO7S/c1-2-21-8(16)10(3-5-15(6-4-10)9(17)18)7-22-23(19,20)11(12,13)14/h2-7H2,1H3,(H,17,18). The molecule has 0 spiro atoms. The first-order valence-electron chi connectivity index (χ1n) is 6.56. The van der Waals surface area contributed by atoms with Gasteiger partial charge in [-0.2, -0.15) is 21.6 Å². The molecule has 0 atom stereocenters. The fraction of sp³-hybridized carbons (Fsp3) is 0.818. The number of halogens is 3. The Morgan fingerprint density at radius 1 is 1.26 bits per heavy atom. The fourth-order valence-corrected chi connectivity index (χ4v) is 2.59. The second-order valence-corrected chi connectivity index (χ2v) is 6.54. The Morgan fingerprint density at radius 3 is 2.17 bits per heavy atom. The summed E-state index contributed by atoms with van der Waals surface area (Å²) in [5, 5.41) is 8.85. The van der Waals surface area contributed by atoms with E-state index in [0.717, 1.165) is 4.90 Å². The summed E-state index contributed by atoms with van der Waals surface area (Å²) < 4.78 is 67.7. The number of amides is 1. The molecule has 1 aliphatic rings. The van der Waals surface area contributed by atoms with Crippen LogP contribution in [0.3, 0.4) is 0 Å². The van der Waals surface area contributed by atoms with Gasteiger partial charge in [0, 0.05) is 13.1 Å². The van der Waals surface area contributed by atoms with E-state index in [4.69, 9.17) is 9.84 Å². The first kappa shape index (κ1) is 19.5. The lowest BCUT2D eigenvalue weighted by atomic mass is 9.79. The lowest BCUT2D eigenvalue weighted by Crippen LogP contribution is -2.49. The average Bonchev–Trinajstić information content (AvgIpc) is 2.44. The minimum absolute atomic E-state index is 0.0603. The molecule has 1 heterocycles. The normalized spacial score (nSPS) is 18.5. The quantitative estimate of drug-likeness (QED) is 0.443. The third-order valence-corrected chi connectivity index (χ3v) is 4.47. The molecule has 12 heteroatoms. The molecule has 1 rings (SSSR count). The zero-order valence-corrected chi connectivity index (χ0v) is 12.9. The fourth-order valence-electron chi connectivity index (χ4n) is 2.07. The van der Waals surface area contributed by atoms with Gasteiger partial charge in [0.2, 0.25) is 0 Å². The number of hydrogen-bond acceptors (Lipinski definition) is 6. The van der Waals surface area contributed by atoms with Crippen LogP contribution in [0.2, 0.25) is 0 Å². The predicted octanol–water partition coefficient (Wildman–Crippen LogP) is 1.18. The zero-order valence-electron chi connectivity index (χ0n) is 12.1. The van der Waals surface area contributed by atoms with Gasteiger partial charge < -0.3 is 14.7 Å². The maximum Gasteiger partial charge on any atom is 0.523 e. The van der Waals surface area contributed by atoms with Gasteiger partial charge in [0.15, 0.2) is 0 Å². The number of piperidine rings is 1. The highest BCUT2D eigenvalue weighted by Crippen LogP contribution is 2.35. The van der Waals surface area contributed by atoms with Gasteiger partial charge in [-0.15, -0.1) is 0 Å². The number of nitrogens with zero attached hydrogens (tertiary/aromatic N) is 1. The van der Waals surface area contributed by atoms with Gasteiger partial charge in [-0.3, -0.25) is 8.98 Å². The van der Waals surface area contributed by atoms with Gasteiger partial charge in [-0.05, 0) is 19.8 Å². The van der Waals surface area contributed by atoms with Gasteiger partial charge in [-0.1, -0.05) is 0 Å². The molecule has 23 heavy (non-hydrogen) atoms. The molecule has 0 saturated carbocycles. The molecule has 1 amide bonds. The van der Waals surface area contributed by atoms with Crippen LogP contribution in [-0.4, -0.2) is 62.3 Å². The monoisotopic (exact) mass is 363 g/mol. The number of likely N-dealkylation sites (tertiary alicyclic amines) is 1. The zero-order chi connectivity index (χ0) is 17.9. The van der Waals surface area contributed by atoms with E-state index in [0.29, 0.717) is 0 Å². The van der Waals surface area contributed by atoms with Crippen molar-refractivity contribution in [3.05, 3.63) is 0 Å². The first-order valence-corrected chi connectivity index (χ1v) is 7.97. The second kappa shape index (κ2) is 6.91. The number of carbonyl (C=O) groups is 2. The van der Waals surface area contributed by atoms with Gasteiger partial charge in [-0.25, -0.2) is 4.79 Å². The van der Waals surface area contributed by atoms with Crippen molar-refractivity contribution in [3.8, 4) is 0 Å². The highest BCUT2D eigenvalue weighted by molar-refractivity contribution is 7.87. The van der Waals surface area contributed by atoms with Crippen molar-refractivity contribution in [2.45, 2.75) is 25.3 Å². The van der Waals surface area contributed by atoms with Crippen LogP contribution in [0.15, 0.2) is 0 Å². The minimum Gasteiger partial charge on any atom is -0.465 e. The van der Waals surface area contributed by atoms with Gasteiger partial charge in [0.05, 0.1) is 18.6 Å². The van der Waals surface area contributed by atoms with E-state index < -0.39 is 39.7 Å². The largest absolute Gasteiger partial charge is 0.523 e. The maximum absolute atomic E-state index is 12.3. The summed E-state index contributed by atoms with van der Waals surface area (Å²) in [4.78, 5) is 23.8. The topological polar surface area (TPSA) is 110 Å². The predicted molar refractivity (Wildman–Crippen MR) is 68.8 cm³/mol. The smallest absolute Gasteiger partial charge is 0.465 e. The van der Waals surface area contributed by atoms with Crippen LogP contribution in [-0.2, 0) is 23.8 Å². The van der Waals surface area contributed by atoms with Crippen LogP contribution in [0.25, 0.3) is 0 Å². The molecular weight excluding hydrogens is 347 g/mol. The molecule has 1 fully saturated rings. The highest BCUT2D eigenvalue weighted by Gasteiger charge is 2.51. The van der Waals surface area contributed by atoms with Crippen molar-refractivity contribution >= 4 is 22.2 Å². The number of hydrogen-bond donors (Lipinski definition) is 1. The van der Waals surface area contributed by atoms with Crippen LogP contribution in [0.1, 0.15) is 19.8 Å². The van der Waals surface area contributed by atoms with E-state index in [1.807, 2.05) is 0 Å². The van der Waals surface area contributed by atoms with Crippen LogP contribution < -0.4 is 0 Å². The Kier molecular flexibility index (Phi) is 5.85. The number of rotatable bonds is 5. The lowest BCUT2D eigenvalue weighted by molar-refractivity contribution is -0.161. The SMILES string of the molecule is CCOC(=O)C1(COS(=O)(=O)C(F)(F)F)CCN(C(=O)O)CC1. The summed E-state index contributed by atoms with van der Waals surface area (Å²) in [6.07, 6.45) is -1.65. The molecule has 0 bridgehead atoms. The summed E-state index contributed by atoms with van der Waals surface area (Å²) >= 11 is 0. The molecule has 8 nitrogen and oxygen atoms in total. The van der Waals surface area contributed by atoms with E-state index in [1.165, 1.54) is 6.92 Å². The lowest BCUT2D eigenvalue weighted by Gasteiger charge is -2.38. The number of ether oxygens (including phenoxy) is 1. The molecule has 1 saturated heterocycles. The van der Waals surface area contributed by atoms with E-state index in [2.05, 4.69) is 4.18 Å². The van der Waals surface area contributed by atoms with Crippen LogP contribution in [0.5, 0.6) is 0 Å². The molecule has 134 valence electrons. The summed E-state index contributed by atoms with van der Waals surface area (Å²) in [5.74, 6) is -0.914. The van der Waals surface area contributed by atoms with Crippen molar-refractivity contribution in [1.82, 2.24) is 4.90 Å². The molecule has 1 N–H and O–H groups in total. The third kappa shape index (κ3) is 4.47. The van der Waals surface area contributed by atoms with Crippen molar-refractivity contribution in [2.24, 2.45) is 5.41 Å². The van der Waals surface area contributed by atoms with Crippen molar-refractivity contribution in [1.29, 1.82) is 0 Å². The van der Waals surface area contributed by atoms with Gasteiger partial charge in [0.1, 0.15) is 0 Å². The molecular formula is C11H16F3NO7S. The highest BCUT2D eigenvalue weighted by atomic mass is 32.2. The molecule has 0 unspecified atom stereocenters. The molecule has 0 aromatic carbocycles. The molecule has 0 aliphatic carbocycles. The van der Waals surface area contributed by atoms with Crippen molar-refractivity contribution in [3.63, 3.8) is 0 Å². The number of carboxylic acid groups (broad SMARTS) is 1. The van der Waals surface area contributed by atoms with Crippen LogP contribution >= 0.6 is 0 Å².